The number of nitrogens with zero attached hydrogens (tertiary/aromatic N) is 2. The molecule has 0 aliphatic carbocycles. The van der Waals surface area contributed by atoms with Crippen LogP contribution in [0, 0.1) is 0 Å². The van der Waals surface area contributed by atoms with Gasteiger partial charge in [-0.3, -0.25) is 0 Å². The van der Waals surface area contributed by atoms with Crippen LogP contribution in [-0.2, 0) is 20.0 Å². The zero-order valence-corrected chi connectivity index (χ0v) is 22.1. The molecule has 9 heteroatoms. The minimum atomic E-state index is -0.943. The summed E-state index contributed by atoms with van der Waals surface area (Å²) >= 11 is 12.3. The molecule has 0 N–H and O–H groups in total. The second kappa shape index (κ2) is 10.4. The van der Waals surface area contributed by atoms with Gasteiger partial charge in [-0.2, -0.15) is 0 Å². The van der Waals surface area contributed by atoms with Gasteiger partial charge in [-0.05, 0) is 64.1 Å². The number of amides is 1. The highest BCUT2D eigenvalue weighted by atomic mass is 35.5. The van der Waals surface area contributed by atoms with Crippen molar-refractivity contribution in [3.05, 3.63) is 58.1 Å². The maximum absolute atomic E-state index is 12.3. The Morgan fingerprint density at radius 2 is 1.77 bits per heavy atom. The Balaban J connectivity index is 1.26. The van der Waals surface area contributed by atoms with E-state index in [0.717, 1.165) is 30.1 Å². The van der Waals surface area contributed by atoms with E-state index < -0.39 is 11.4 Å². The molecule has 2 aliphatic heterocycles. The molecule has 2 aromatic rings. The summed E-state index contributed by atoms with van der Waals surface area (Å²) in [5.74, 6) is -0.191. The van der Waals surface area contributed by atoms with Gasteiger partial charge in [-0.15, -0.1) is 0 Å². The molecule has 0 bridgehead atoms. The summed E-state index contributed by atoms with van der Waals surface area (Å²) in [7, 11) is 0. The Kier molecular flexibility index (Phi) is 7.71. The van der Waals surface area contributed by atoms with E-state index in [9.17, 15) is 4.79 Å². The first-order valence-corrected chi connectivity index (χ1v) is 12.5. The first-order chi connectivity index (χ1) is 16.5. The van der Waals surface area contributed by atoms with Crippen molar-refractivity contribution in [2.75, 3.05) is 44.3 Å². The number of carbonyl (C=O) groups excluding carboxylic acids is 1. The summed E-state index contributed by atoms with van der Waals surface area (Å²) < 4.78 is 23.5. The minimum absolute atomic E-state index is 0.229. The summed E-state index contributed by atoms with van der Waals surface area (Å²) in [4.78, 5) is 16.3. The van der Waals surface area contributed by atoms with Crippen LogP contribution in [0.2, 0.25) is 10.0 Å². The molecule has 1 unspecified atom stereocenters. The van der Waals surface area contributed by atoms with Crippen LogP contribution in [0.4, 0.5) is 10.5 Å². The molecule has 190 valence electrons. The van der Waals surface area contributed by atoms with Gasteiger partial charge in [0.2, 0.25) is 0 Å². The van der Waals surface area contributed by atoms with E-state index in [-0.39, 0.29) is 12.2 Å². The molecule has 2 fully saturated rings. The molecular formula is C26H32Cl2N2O5. The largest absolute Gasteiger partial charge is 0.491 e. The van der Waals surface area contributed by atoms with E-state index in [4.69, 9.17) is 42.1 Å². The lowest BCUT2D eigenvalue weighted by atomic mass is 10.1. The molecule has 0 spiro atoms. The third-order valence-corrected chi connectivity index (χ3v) is 6.47. The fraction of sp³-hybridized carbons (Fsp3) is 0.500. The fourth-order valence-corrected chi connectivity index (χ4v) is 4.72. The highest BCUT2D eigenvalue weighted by molar-refractivity contribution is 6.35. The summed E-state index contributed by atoms with van der Waals surface area (Å²) in [6.07, 6.45) is -0.485. The number of halogens is 2. The highest BCUT2D eigenvalue weighted by Gasteiger charge is 2.40. The van der Waals surface area contributed by atoms with Crippen LogP contribution >= 0.6 is 23.2 Å². The molecule has 0 aromatic heterocycles. The normalized spacial score (nSPS) is 22.9. The molecule has 0 saturated carbocycles. The minimum Gasteiger partial charge on any atom is -0.491 e. The molecule has 1 amide bonds. The average Bonchev–Trinajstić information content (AvgIpc) is 3.18. The summed E-state index contributed by atoms with van der Waals surface area (Å²) in [5.41, 5.74) is 1.34. The van der Waals surface area contributed by atoms with Crippen LogP contribution in [0.1, 0.15) is 33.3 Å². The monoisotopic (exact) mass is 522 g/mol. The smallest absolute Gasteiger partial charge is 0.410 e. The number of carbonyl (C=O) groups is 1. The molecule has 2 saturated heterocycles. The molecule has 4 rings (SSSR count). The second-order valence-corrected chi connectivity index (χ2v) is 10.7. The zero-order chi connectivity index (χ0) is 25.2. The van der Waals surface area contributed by atoms with Crippen LogP contribution in [0.5, 0.6) is 5.75 Å². The quantitative estimate of drug-likeness (QED) is 0.500. The molecule has 7 nitrogen and oxygen atoms in total. The summed E-state index contributed by atoms with van der Waals surface area (Å²) in [6, 6.07) is 13.2. The Hall–Kier alpha value is -2.19. The van der Waals surface area contributed by atoms with Crippen LogP contribution in [0.15, 0.2) is 42.5 Å². The highest BCUT2D eigenvalue weighted by Crippen LogP contribution is 2.38. The van der Waals surface area contributed by atoms with E-state index in [2.05, 4.69) is 4.90 Å². The predicted octanol–water partition coefficient (Wildman–Crippen LogP) is 5.72. The third kappa shape index (κ3) is 6.53. The lowest BCUT2D eigenvalue weighted by Gasteiger charge is -2.36. The summed E-state index contributed by atoms with van der Waals surface area (Å²) in [5, 5.41) is 1.07. The Morgan fingerprint density at radius 1 is 1.09 bits per heavy atom. The van der Waals surface area contributed by atoms with Crippen LogP contribution in [0.3, 0.4) is 0 Å². The number of rotatable bonds is 5. The van der Waals surface area contributed by atoms with Gasteiger partial charge in [-0.1, -0.05) is 29.3 Å². The number of ether oxygens (including phenoxy) is 4. The second-order valence-electron chi connectivity index (χ2n) is 9.88. The number of anilines is 1. The first-order valence-electron chi connectivity index (χ1n) is 11.8. The Morgan fingerprint density at radius 3 is 2.40 bits per heavy atom. The molecule has 2 heterocycles. The molecular weight excluding hydrogens is 491 g/mol. The van der Waals surface area contributed by atoms with E-state index in [1.807, 2.05) is 58.0 Å². The van der Waals surface area contributed by atoms with Gasteiger partial charge in [0.05, 0.1) is 11.6 Å². The molecule has 35 heavy (non-hydrogen) atoms. The maximum atomic E-state index is 12.3. The van der Waals surface area contributed by atoms with Crippen molar-refractivity contribution in [1.82, 2.24) is 4.90 Å². The van der Waals surface area contributed by atoms with Crippen molar-refractivity contribution < 1.29 is 23.7 Å². The van der Waals surface area contributed by atoms with Crippen molar-refractivity contribution in [1.29, 1.82) is 0 Å². The van der Waals surface area contributed by atoms with Gasteiger partial charge in [0.1, 0.15) is 24.1 Å². The fourth-order valence-electron chi connectivity index (χ4n) is 4.14. The van der Waals surface area contributed by atoms with Gasteiger partial charge < -0.3 is 28.7 Å². The third-order valence-electron chi connectivity index (χ3n) is 5.93. The maximum Gasteiger partial charge on any atom is 0.410 e. The van der Waals surface area contributed by atoms with Crippen LogP contribution in [-0.4, -0.2) is 62.1 Å². The Labute approximate surface area is 216 Å². The first kappa shape index (κ1) is 25.9. The lowest BCUT2D eigenvalue weighted by molar-refractivity contribution is -0.164. The van der Waals surface area contributed by atoms with Crippen molar-refractivity contribution >= 4 is 35.0 Å². The van der Waals surface area contributed by atoms with Crippen molar-refractivity contribution in [3.63, 3.8) is 0 Å². The van der Waals surface area contributed by atoms with Crippen LogP contribution < -0.4 is 9.64 Å². The molecule has 2 aliphatic rings. The van der Waals surface area contributed by atoms with Gasteiger partial charge in [0.15, 0.2) is 5.79 Å². The van der Waals surface area contributed by atoms with E-state index in [0.29, 0.717) is 36.3 Å². The standard InChI is InChI=1S/C26H32Cl2N2O5/c1-25(2,3)35-24(31)30-13-11-29(12-14-30)19-6-8-20(9-7-19)32-16-21-17-33-26(4,34-21)22-10-5-18(27)15-23(22)28/h5-10,15,21H,11-14,16-17H2,1-4H3/t21?,26-/m0/s1. The van der Waals surface area contributed by atoms with Crippen LogP contribution in [0.25, 0.3) is 0 Å². The number of hydrogen-bond acceptors (Lipinski definition) is 6. The average molecular weight is 523 g/mol. The van der Waals surface area contributed by atoms with Gasteiger partial charge in [-0.25, -0.2) is 4.79 Å². The number of hydrogen-bond donors (Lipinski definition) is 0. The number of piperazine rings is 1. The van der Waals surface area contributed by atoms with E-state index in [1.165, 1.54) is 0 Å². The summed E-state index contributed by atoms with van der Waals surface area (Å²) in [6.45, 7) is 11.0. The van der Waals surface area contributed by atoms with E-state index >= 15 is 0 Å². The molecule has 0 radical (unpaired) electrons. The Bertz CT molecular complexity index is 1040. The van der Waals surface area contributed by atoms with Gasteiger partial charge in [0, 0.05) is 42.5 Å². The van der Waals surface area contributed by atoms with Gasteiger partial charge in [0.25, 0.3) is 0 Å². The van der Waals surface area contributed by atoms with Crippen molar-refractivity contribution in [2.45, 2.75) is 45.2 Å². The SMILES string of the molecule is CC(C)(C)OC(=O)N1CCN(c2ccc(OCC3CO[C@](C)(c4ccc(Cl)cc4Cl)O3)cc2)CC1. The molecule has 2 aromatic carbocycles. The predicted molar refractivity (Wildman–Crippen MR) is 137 cm³/mol. The van der Waals surface area contributed by atoms with Crippen molar-refractivity contribution in [3.8, 4) is 5.75 Å². The zero-order valence-electron chi connectivity index (χ0n) is 20.6. The van der Waals surface area contributed by atoms with E-state index in [1.54, 1.807) is 17.0 Å². The van der Waals surface area contributed by atoms with Crippen molar-refractivity contribution in [2.24, 2.45) is 0 Å². The van der Waals surface area contributed by atoms with Gasteiger partial charge >= 0.3 is 6.09 Å². The number of benzene rings is 2. The topological polar surface area (TPSA) is 60.5 Å². The molecule has 2 atom stereocenters. The lowest BCUT2D eigenvalue weighted by Crippen LogP contribution is -2.50.